The van der Waals surface area contributed by atoms with Gasteiger partial charge in [-0.2, -0.15) is 0 Å². The number of nitrogens with one attached hydrogen (secondary N) is 1. The van der Waals surface area contributed by atoms with Crippen LogP contribution < -0.4 is 5.43 Å². The van der Waals surface area contributed by atoms with Crippen molar-refractivity contribution in [1.29, 1.82) is 0 Å². The van der Waals surface area contributed by atoms with Crippen molar-refractivity contribution in [2.24, 2.45) is 4.99 Å². The summed E-state index contributed by atoms with van der Waals surface area (Å²) in [5, 5.41) is 1.57. The van der Waals surface area contributed by atoms with Crippen molar-refractivity contribution in [1.82, 2.24) is 15.4 Å². The number of aliphatic imine (C=N–C) groups is 1. The average Bonchev–Trinajstić information content (AvgIpc) is 2.49. The molecule has 0 fully saturated rings. The number of hydrazine groups is 1. The van der Waals surface area contributed by atoms with Gasteiger partial charge in [0, 0.05) is 11.8 Å². The molecule has 5 heteroatoms. The van der Waals surface area contributed by atoms with Gasteiger partial charge in [0.1, 0.15) is 12.4 Å². The molecule has 0 saturated carbocycles. The van der Waals surface area contributed by atoms with Gasteiger partial charge in [-0.1, -0.05) is 23.3 Å². The quantitative estimate of drug-likeness (QED) is 0.942. The van der Waals surface area contributed by atoms with Gasteiger partial charge >= 0.3 is 0 Å². The molecule has 3 rings (SSSR count). The number of rotatable bonds is 3. The summed E-state index contributed by atoms with van der Waals surface area (Å²) in [7, 11) is 0. The molecular formula is C17H18N4O. The van der Waals surface area contributed by atoms with Crippen molar-refractivity contribution in [3.63, 3.8) is 0 Å². The summed E-state index contributed by atoms with van der Waals surface area (Å²) in [6, 6.07) is 11.9. The molecule has 1 N–H and O–H groups in total. The van der Waals surface area contributed by atoms with Crippen LogP contribution in [0, 0.1) is 13.8 Å². The Labute approximate surface area is 129 Å². The average molecular weight is 294 g/mol. The number of pyridine rings is 1. The molecule has 0 saturated heterocycles. The Morgan fingerprint density at radius 3 is 2.64 bits per heavy atom. The summed E-state index contributed by atoms with van der Waals surface area (Å²) in [6.07, 6.45) is 1.72. The highest BCUT2D eigenvalue weighted by Gasteiger charge is 2.21. The van der Waals surface area contributed by atoms with Crippen molar-refractivity contribution in [3.8, 4) is 0 Å². The predicted molar refractivity (Wildman–Crippen MR) is 85.2 cm³/mol. The van der Waals surface area contributed by atoms with Crippen LogP contribution in [0.3, 0.4) is 0 Å². The number of aromatic nitrogens is 1. The van der Waals surface area contributed by atoms with Crippen molar-refractivity contribution in [3.05, 3.63) is 65.0 Å². The van der Waals surface area contributed by atoms with Gasteiger partial charge in [-0.15, -0.1) is 0 Å². The molecule has 1 amide bonds. The third kappa shape index (κ3) is 3.14. The number of nitrogens with zero attached hydrogens (tertiary/aromatic N) is 3. The van der Waals surface area contributed by atoms with Gasteiger partial charge in [-0.3, -0.25) is 20.2 Å². The van der Waals surface area contributed by atoms with E-state index >= 15 is 0 Å². The van der Waals surface area contributed by atoms with Gasteiger partial charge in [0.25, 0.3) is 5.91 Å². The van der Waals surface area contributed by atoms with E-state index in [1.54, 1.807) is 11.2 Å². The first-order chi connectivity index (χ1) is 10.6. The van der Waals surface area contributed by atoms with Crippen molar-refractivity contribution < 1.29 is 4.79 Å². The van der Waals surface area contributed by atoms with Gasteiger partial charge in [0.05, 0.1) is 12.2 Å². The van der Waals surface area contributed by atoms with Crippen LogP contribution in [0.1, 0.15) is 22.4 Å². The number of amides is 1. The fourth-order valence-corrected chi connectivity index (χ4v) is 2.51. The number of hydrogen-bond acceptors (Lipinski definition) is 4. The maximum atomic E-state index is 12.0. The molecule has 22 heavy (non-hydrogen) atoms. The van der Waals surface area contributed by atoms with Crippen LogP contribution in [0.25, 0.3) is 0 Å². The molecule has 0 radical (unpaired) electrons. The minimum absolute atomic E-state index is 0.0567. The number of amidine groups is 1. The predicted octanol–water partition coefficient (Wildman–Crippen LogP) is 1.99. The molecule has 1 aromatic carbocycles. The molecular weight excluding hydrogens is 276 g/mol. The topological polar surface area (TPSA) is 57.6 Å². The van der Waals surface area contributed by atoms with Crippen LogP contribution in [-0.4, -0.2) is 28.3 Å². The molecule has 0 bridgehead atoms. The summed E-state index contributed by atoms with van der Waals surface area (Å²) in [5.41, 5.74) is 7.30. The second-order valence-corrected chi connectivity index (χ2v) is 5.45. The lowest BCUT2D eigenvalue weighted by Gasteiger charge is -2.28. The smallest absolute Gasteiger partial charge is 0.263 e. The molecule has 0 spiro atoms. The number of benzene rings is 1. The molecule has 0 unspecified atom stereocenters. The Hall–Kier alpha value is -2.69. The zero-order valence-corrected chi connectivity index (χ0v) is 12.7. The maximum Gasteiger partial charge on any atom is 0.263 e. The van der Waals surface area contributed by atoms with Gasteiger partial charge in [-0.25, -0.2) is 5.01 Å². The van der Waals surface area contributed by atoms with Crippen molar-refractivity contribution in [2.45, 2.75) is 20.4 Å². The second-order valence-electron chi connectivity index (χ2n) is 5.45. The minimum atomic E-state index is -0.0567. The lowest BCUT2D eigenvalue weighted by atomic mass is 10.1. The summed E-state index contributed by atoms with van der Waals surface area (Å²) >= 11 is 0. The third-order valence-electron chi connectivity index (χ3n) is 3.46. The summed E-state index contributed by atoms with van der Waals surface area (Å²) in [4.78, 5) is 20.6. The SMILES string of the molecule is Cc1cc(C)cc(C2=NCC(=O)N(Cc3ccccn3)N2)c1. The van der Waals surface area contributed by atoms with Crippen LogP contribution in [-0.2, 0) is 11.3 Å². The Morgan fingerprint density at radius 2 is 1.95 bits per heavy atom. The Morgan fingerprint density at radius 1 is 1.18 bits per heavy atom. The number of aryl methyl sites for hydroxylation is 2. The van der Waals surface area contributed by atoms with E-state index in [0.717, 1.165) is 17.1 Å². The normalized spacial score (nSPS) is 14.5. The second kappa shape index (κ2) is 5.97. The summed E-state index contributed by atoms with van der Waals surface area (Å²) < 4.78 is 0. The van der Waals surface area contributed by atoms with Crippen LogP contribution in [0.4, 0.5) is 0 Å². The lowest BCUT2D eigenvalue weighted by Crippen LogP contribution is -2.50. The highest BCUT2D eigenvalue weighted by molar-refractivity contribution is 6.02. The fraction of sp³-hybridized carbons (Fsp3) is 0.235. The Bertz CT molecular complexity index is 704. The molecule has 1 aliphatic heterocycles. The van der Waals surface area contributed by atoms with Crippen LogP contribution >= 0.6 is 0 Å². The number of hydrogen-bond donors (Lipinski definition) is 1. The van der Waals surface area contributed by atoms with Crippen LogP contribution in [0.2, 0.25) is 0 Å². The molecule has 0 aliphatic carbocycles. The first kappa shape index (κ1) is 14.3. The number of carbonyl (C=O) groups excluding carboxylic acids is 1. The Kier molecular flexibility index (Phi) is 3.87. The summed E-state index contributed by atoms with van der Waals surface area (Å²) in [6.45, 7) is 4.68. The van der Waals surface area contributed by atoms with Crippen LogP contribution in [0.5, 0.6) is 0 Å². The highest BCUT2D eigenvalue weighted by Crippen LogP contribution is 2.12. The molecule has 2 heterocycles. The molecule has 5 nitrogen and oxygen atoms in total. The first-order valence-electron chi connectivity index (χ1n) is 7.22. The first-order valence-corrected chi connectivity index (χ1v) is 7.22. The van der Waals surface area contributed by atoms with Gasteiger partial charge in [0.15, 0.2) is 0 Å². The van der Waals surface area contributed by atoms with Gasteiger partial charge < -0.3 is 0 Å². The minimum Gasteiger partial charge on any atom is -0.279 e. The zero-order valence-electron chi connectivity index (χ0n) is 12.7. The van der Waals surface area contributed by atoms with E-state index in [0.29, 0.717) is 6.54 Å². The van der Waals surface area contributed by atoms with Crippen LogP contribution in [0.15, 0.2) is 47.6 Å². The molecule has 1 aliphatic rings. The monoisotopic (exact) mass is 294 g/mol. The lowest BCUT2D eigenvalue weighted by molar-refractivity contribution is -0.132. The maximum absolute atomic E-state index is 12.0. The van der Waals surface area contributed by atoms with Gasteiger partial charge in [-0.05, 0) is 38.1 Å². The van der Waals surface area contributed by atoms with E-state index in [1.807, 2.05) is 18.2 Å². The zero-order chi connectivity index (χ0) is 15.5. The van der Waals surface area contributed by atoms with E-state index in [4.69, 9.17) is 0 Å². The Balaban J connectivity index is 1.82. The molecule has 2 aromatic rings. The standard InChI is InChI=1S/C17H18N4O/c1-12-7-13(2)9-14(8-12)17-19-10-16(22)21(20-17)11-15-5-3-4-6-18-15/h3-9H,10-11H2,1-2H3,(H,19,20). The van der Waals surface area contributed by atoms with Gasteiger partial charge in [0.2, 0.25) is 0 Å². The van der Waals surface area contributed by atoms with Crippen molar-refractivity contribution >= 4 is 11.7 Å². The van der Waals surface area contributed by atoms with E-state index in [-0.39, 0.29) is 12.5 Å². The largest absolute Gasteiger partial charge is 0.279 e. The fourth-order valence-electron chi connectivity index (χ4n) is 2.51. The molecule has 112 valence electrons. The summed E-state index contributed by atoms with van der Waals surface area (Å²) in [5.74, 6) is 0.668. The number of carbonyl (C=O) groups is 1. The third-order valence-corrected chi connectivity index (χ3v) is 3.46. The molecule has 0 atom stereocenters. The van der Waals surface area contributed by atoms with E-state index in [2.05, 4.69) is 47.4 Å². The molecule has 1 aromatic heterocycles. The van der Waals surface area contributed by atoms with E-state index in [1.165, 1.54) is 11.1 Å². The van der Waals surface area contributed by atoms with E-state index < -0.39 is 0 Å². The van der Waals surface area contributed by atoms with E-state index in [9.17, 15) is 4.79 Å². The highest BCUT2D eigenvalue weighted by atomic mass is 16.2. The van der Waals surface area contributed by atoms with Crippen molar-refractivity contribution in [2.75, 3.05) is 6.54 Å².